The Morgan fingerprint density at radius 2 is 2.12 bits per heavy atom. The van der Waals surface area contributed by atoms with Gasteiger partial charge in [0.05, 0.1) is 6.54 Å². The number of hydrogen-bond donors (Lipinski definition) is 1. The first-order valence-corrected chi connectivity index (χ1v) is 9.59. The molecule has 0 amide bonds. The molecule has 1 saturated carbocycles. The van der Waals surface area contributed by atoms with E-state index >= 15 is 0 Å². The summed E-state index contributed by atoms with van der Waals surface area (Å²) >= 11 is 0. The summed E-state index contributed by atoms with van der Waals surface area (Å²) in [5.74, 6) is 2.11. The molecule has 0 atom stereocenters. The van der Waals surface area contributed by atoms with Crippen LogP contribution in [0.2, 0.25) is 0 Å². The van der Waals surface area contributed by atoms with Gasteiger partial charge >= 0.3 is 0 Å². The van der Waals surface area contributed by atoms with Crippen molar-refractivity contribution in [3.63, 3.8) is 0 Å². The molecule has 1 fully saturated rings. The van der Waals surface area contributed by atoms with Crippen molar-refractivity contribution in [1.29, 1.82) is 0 Å². The van der Waals surface area contributed by atoms with Crippen LogP contribution in [0.15, 0.2) is 34.8 Å². The first-order chi connectivity index (χ1) is 12.8. The van der Waals surface area contributed by atoms with Crippen molar-refractivity contribution >= 4 is 16.5 Å². The minimum atomic E-state index is 0.508. The number of nitrogens with one attached hydrogen (secondary N) is 1. The van der Waals surface area contributed by atoms with Gasteiger partial charge in [0.2, 0.25) is 11.8 Å². The number of para-hydroxylation sites is 1. The summed E-state index contributed by atoms with van der Waals surface area (Å²) < 4.78 is 5.88. The van der Waals surface area contributed by atoms with E-state index in [9.17, 15) is 0 Å². The van der Waals surface area contributed by atoms with Gasteiger partial charge in [-0.1, -0.05) is 30.7 Å². The van der Waals surface area contributed by atoms with Gasteiger partial charge in [-0.25, -0.2) is 0 Å². The summed E-state index contributed by atoms with van der Waals surface area (Å²) in [5, 5.41) is 9.82. The highest BCUT2D eigenvalue weighted by molar-refractivity contribution is 5.94. The molecule has 2 aromatic heterocycles. The Morgan fingerprint density at radius 3 is 2.88 bits per heavy atom. The molecule has 26 heavy (non-hydrogen) atoms. The van der Waals surface area contributed by atoms with Crippen LogP contribution in [-0.2, 0) is 6.54 Å². The van der Waals surface area contributed by atoms with E-state index in [1.165, 1.54) is 47.0 Å². The zero-order chi connectivity index (χ0) is 17.5. The van der Waals surface area contributed by atoms with Gasteiger partial charge in [0.25, 0.3) is 0 Å². The highest BCUT2D eigenvalue weighted by atomic mass is 16.4. The van der Waals surface area contributed by atoms with Gasteiger partial charge in [-0.05, 0) is 37.8 Å². The van der Waals surface area contributed by atoms with Crippen LogP contribution in [-0.4, -0.2) is 33.2 Å². The number of aromatic amines is 1. The lowest BCUT2D eigenvalue weighted by Crippen LogP contribution is -2.28. The highest BCUT2D eigenvalue weighted by Gasteiger charge is 2.26. The minimum absolute atomic E-state index is 0.508. The minimum Gasteiger partial charge on any atom is -0.424 e. The van der Waals surface area contributed by atoms with E-state index in [2.05, 4.69) is 57.3 Å². The second-order valence-corrected chi connectivity index (χ2v) is 7.55. The van der Waals surface area contributed by atoms with Gasteiger partial charge in [-0.15, -0.1) is 10.2 Å². The standard InChI is InChI=1S/C21H24N4O/c1-14-20(17-7-2-3-8-18(17)22-14)15-9-11-25(12-10-15)13-19-23-24-21(26-19)16-5-4-6-16/h2-3,7-9,16,22H,4-6,10-13H2,1H3. The normalized spacial score (nSPS) is 18.9. The van der Waals surface area contributed by atoms with Crippen LogP contribution in [0.5, 0.6) is 0 Å². The smallest absolute Gasteiger partial charge is 0.230 e. The fraction of sp³-hybridized carbons (Fsp3) is 0.429. The van der Waals surface area contributed by atoms with Crippen LogP contribution in [0.25, 0.3) is 16.5 Å². The zero-order valence-corrected chi connectivity index (χ0v) is 15.2. The Labute approximate surface area is 153 Å². The molecule has 1 aliphatic carbocycles. The number of hydrogen-bond acceptors (Lipinski definition) is 4. The zero-order valence-electron chi connectivity index (χ0n) is 15.2. The van der Waals surface area contributed by atoms with Crippen LogP contribution >= 0.6 is 0 Å². The van der Waals surface area contributed by atoms with Crippen molar-refractivity contribution in [2.75, 3.05) is 13.1 Å². The molecule has 5 heteroatoms. The van der Waals surface area contributed by atoms with Gasteiger partial charge in [0.15, 0.2) is 0 Å². The molecule has 134 valence electrons. The van der Waals surface area contributed by atoms with Gasteiger partial charge in [-0.2, -0.15) is 0 Å². The molecule has 0 radical (unpaired) electrons. The van der Waals surface area contributed by atoms with E-state index in [-0.39, 0.29) is 0 Å². The molecule has 2 aliphatic rings. The summed E-state index contributed by atoms with van der Waals surface area (Å²) in [4.78, 5) is 5.89. The maximum absolute atomic E-state index is 5.88. The van der Waals surface area contributed by atoms with Crippen molar-refractivity contribution in [2.45, 2.75) is 45.1 Å². The molecule has 0 bridgehead atoms. The SMILES string of the molecule is Cc1[nH]c2ccccc2c1C1=CCN(Cc2nnc(C3CCC3)o2)CC1. The molecule has 0 unspecified atom stereocenters. The molecule has 3 aromatic rings. The lowest BCUT2D eigenvalue weighted by Gasteiger charge is -2.25. The van der Waals surface area contributed by atoms with Crippen molar-refractivity contribution in [2.24, 2.45) is 0 Å². The predicted molar refractivity (Wildman–Crippen MR) is 102 cm³/mol. The Kier molecular flexibility index (Phi) is 3.89. The second kappa shape index (κ2) is 6.40. The second-order valence-electron chi connectivity index (χ2n) is 7.55. The first-order valence-electron chi connectivity index (χ1n) is 9.59. The Bertz CT molecular complexity index is 963. The van der Waals surface area contributed by atoms with Crippen molar-refractivity contribution in [3.05, 3.63) is 53.4 Å². The molecule has 5 rings (SSSR count). The van der Waals surface area contributed by atoms with Crippen molar-refractivity contribution in [1.82, 2.24) is 20.1 Å². The topological polar surface area (TPSA) is 58.0 Å². The fourth-order valence-electron chi connectivity index (χ4n) is 4.11. The van der Waals surface area contributed by atoms with E-state index in [1.807, 2.05) is 0 Å². The molecule has 3 heterocycles. The molecule has 0 saturated heterocycles. The summed E-state index contributed by atoms with van der Waals surface area (Å²) in [7, 11) is 0. The van der Waals surface area contributed by atoms with Gasteiger partial charge in [0.1, 0.15) is 0 Å². The third-order valence-electron chi connectivity index (χ3n) is 5.80. The lowest BCUT2D eigenvalue weighted by molar-refractivity contribution is 0.249. The summed E-state index contributed by atoms with van der Waals surface area (Å²) in [6.07, 6.45) is 7.08. The number of H-pyrrole nitrogens is 1. The van der Waals surface area contributed by atoms with Crippen molar-refractivity contribution < 1.29 is 4.42 Å². The highest BCUT2D eigenvalue weighted by Crippen LogP contribution is 2.36. The fourth-order valence-corrected chi connectivity index (χ4v) is 4.11. The van der Waals surface area contributed by atoms with E-state index in [4.69, 9.17) is 4.42 Å². The van der Waals surface area contributed by atoms with E-state index in [0.717, 1.165) is 37.8 Å². The Hall–Kier alpha value is -2.40. The number of rotatable bonds is 4. The van der Waals surface area contributed by atoms with Gasteiger partial charge in [-0.3, -0.25) is 4.90 Å². The summed E-state index contributed by atoms with van der Waals surface area (Å²) in [6.45, 7) is 4.86. The van der Waals surface area contributed by atoms with Crippen LogP contribution < -0.4 is 0 Å². The maximum atomic E-state index is 5.88. The van der Waals surface area contributed by atoms with Gasteiger partial charge in [0, 0.05) is 41.2 Å². The summed E-state index contributed by atoms with van der Waals surface area (Å²) in [6, 6.07) is 8.56. The maximum Gasteiger partial charge on any atom is 0.230 e. The molecular formula is C21H24N4O. The number of aromatic nitrogens is 3. The molecule has 1 aromatic carbocycles. The third kappa shape index (κ3) is 2.76. The monoisotopic (exact) mass is 348 g/mol. The van der Waals surface area contributed by atoms with E-state index in [1.54, 1.807) is 0 Å². The van der Waals surface area contributed by atoms with Crippen LogP contribution in [0.3, 0.4) is 0 Å². The van der Waals surface area contributed by atoms with Crippen molar-refractivity contribution in [3.8, 4) is 0 Å². The van der Waals surface area contributed by atoms with E-state index in [0.29, 0.717) is 5.92 Å². The Morgan fingerprint density at radius 1 is 1.23 bits per heavy atom. The average molecular weight is 348 g/mol. The van der Waals surface area contributed by atoms with E-state index < -0.39 is 0 Å². The third-order valence-corrected chi connectivity index (χ3v) is 5.80. The molecular weight excluding hydrogens is 324 g/mol. The molecule has 5 nitrogen and oxygen atoms in total. The summed E-state index contributed by atoms with van der Waals surface area (Å²) in [5.41, 5.74) is 5.30. The average Bonchev–Trinajstić information content (AvgIpc) is 3.18. The lowest BCUT2D eigenvalue weighted by atomic mass is 9.85. The molecule has 0 spiro atoms. The molecule has 1 N–H and O–H groups in total. The number of nitrogens with zero attached hydrogens (tertiary/aromatic N) is 3. The quantitative estimate of drug-likeness (QED) is 0.758. The number of fused-ring (bicyclic) bond motifs is 1. The number of benzene rings is 1. The predicted octanol–water partition coefficient (Wildman–Crippen LogP) is 4.42. The first kappa shape index (κ1) is 15.8. The molecule has 1 aliphatic heterocycles. The van der Waals surface area contributed by atoms with Gasteiger partial charge < -0.3 is 9.40 Å². The van der Waals surface area contributed by atoms with Crippen LogP contribution in [0.1, 0.15) is 54.6 Å². The number of aryl methyl sites for hydroxylation is 1. The Balaban J connectivity index is 1.30. The van der Waals surface area contributed by atoms with Crippen LogP contribution in [0, 0.1) is 6.92 Å². The van der Waals surface area contributed by atoms with Crippen LogP contribution in [0.4, 0.5) is 0 Å². The largest absolute Gasteiger partial charge is 0.424 e.